The summed E-state index contributed by atoms with van der Waals surface area (Å²) in [6, 6.07) is 11.4. The average molecular weight is 391 g/mol. The molecule has 0 bridgehead atoms. The van der Waals surface area contributed by atoms with Crippen molar-refractivity contribution < 1.29 is 27.5 Å². The van der Waals surface area contributed by atoms with Gasteiger partial charge in [0.2, 0.25) is 10.0 Å². The van der Waals surface area contributed by atoms with Crippen LogP contribution in [0, 0.1) is 13.8 Å². The Morgan fingerprint density at radius 3 is 2.30 bits per heavy atom. The Hall–Kier alpha value is -2.87. The molecule has 2 aromatic carbocycles. The molecule has 0 aliphatic carbocycles. The monoisotopic (exact) mass is 391 g/mol. The molecule has 0 radical (unpaired) electrons. The number of hydrogen-bond acceptors (Lipinski definition) is 6. The summed E-state index contributed by atoms with van der Waals surface area (Å²) in [5.41, 5.74) is 2.62. The Labute approximate surface area is 158 Å². The van der Waals surface area contributed by atoms with Gasteiger partial charge < -0.3 is 9.47 Å². The zero-order valence-electron chi connectivity index (χ0n) is 15.3. The number of ketones is 1. The predicted molar refractivity (Wildman–Crippen MR) is 102 cm³/mol. The van der Waals surface area contributed by atoms with Gasteiger partial charge in [-0.1, -0.05) is 12.1 Å². The van der Waals surface area contributed by atoms with Crippen molar-refractivity contribution in [3.05, 3.63) is 59.2 Å². The first-order valence-corrected chi connectivity index (χ1v) is 10.0. The quantitative estimate of drug-likeness (QED) is 0.548. The standard InChI is InChI=1S/C19H21NO6S/c1-13-5-4-6-18(14(13)2)25-12-19(22)26-11-17(21)15-7-9-16(10-8-15)20-27(3,23)24/h4-10,20H,11-12H2,1-3H3. The van der Waals surface area contributed by atoms with E-state index in [-0.39, 0.29) is 6.61 Å². The Morgan fingerprint density at radius 2 is 1.67 bits per heavy atom. The Balaban J connectivity index is 1.84. The van der Waals surface area contributed by atoms with Crippen molar-refractivity contribution in [1.29, 1.82) is 0 Å². The molecule has 0 unspecified atom stereocenters. The van der Waals surface area contributed by atoms with E-state index in [1.807, 2.05) is 26.0 Å². The molecule has 0 amide bonds. The lowest BCUT2D eigenvalue weighted by atomic mass is 10.1. The van der Waals surface area contributed by atoms with Crippen LogP contribution >= 0.6 is 0 Å². The molecule has 0 heterocycles. The van der Waals surface area contributed by atoms with Crippen molar-refractivity contribution in [3.8, 4) is 5.75 Å². The van der Waals surface area contributed by atoms with Gasteiger partial charge in [0.15, 0.2) is 19.0 Å². The molecule has 2 aromatic rings. The van der Waals surface area contributed by atoms with Crippen molar-refractivity contribution in [2.24, 2.45) is 0 Å². The van der Waals surface area contributed by atoms with Crippen LogP contribution < -0.4 is 9.46 Å². The number of esters is 1. The van der Waals surface area contributed by atoms with Gasteiger partial charge in [0.25, 0.3) is 0 Å². The van der Waals surface area contributed by atoms with Gasteiger partial charge in [-0.2, -0.15) is 0 Å². The van der Waals surface area contributed by atoms with Gasteiger partial charge in [-0.25, -0.2) is 13.2 Å². The van der Waals surface area contributed by atoms with Crippen LogP contribution in [0.25, 0.3) is 0 Å². The lowest BCUT2D eigenvalue weighted by molar-refractivity contribution is -0.144. The molecule has 0 fully saturated rings. The first-order valence-electron chi connectivity index (χ1n) is 8.11. The summed E-state index contributed by atoms with van der Waals surface area (Å²) in [4.78, 5) is 23.8. The third-order valence-corrected chi connectivity index (χ3v) is 4.38. The molecule has 27 heavy (non-hydrogen) atoms. The summed E-state index contributed by atoms with van der Waals surface area (Å²) in [6.07, 6.45) is 1.03. The van der Waals surface area contributed by atoms with Crippen LogP contribution in [0.1, 0.15) is 21.5 Å². The third kappa shape index (κ3) is 6.41. The fourth-order valence-corrected chi connectivity index (χ4v) is 2.79. The van der Waals surface area contributed by atoms with E-state index in [9.17, 15) is 18.0 Å². The molecule has 2 rings (SSSR count). The zero-order chi connectivity index (χ0) is 20.0. The third-order valence-electron chi connectivity index (χ3n) is 3.77. The summed E-state index contributed by atoms with van der Waals surface area (Å²) in [5.74, 6) is -0.465. The minimum atomic E-state index is -3.39. The molecule has 7 nitrogen and oxygen atoms in total. The van der Waals surface area contributed by atoms with Crippen LogP contribution in [0.4, 0.5) is 5.69 Å². The molecule has 0 spiro atoms. The van der Waals surface area contributed by atoms with Gasteiger partial charge in [0.1, 0.15) is 5.75 Å². The molecule has 0 aliphatic heterocycles. The number of aryl methyl sites for hydroxylation is 1. The topological polar surface area (TPSA) is 98.8 Å². The van der Waals surface area contributed by atoms with Crippen molar-refractivity contribution in [3.63, 3.8) is 0 Å². The second-order valence-electron chi connectivity index (χ2n) is 6.02. The maximum atomic E-state index is 12.1. The molecule has 0 atom stereocenters. The number of Topliss-reactive ketones (excluding diaryl/α,β-unsaturated/α-hetero) is 1. The fraction of sp³-hybridized carbons (Fsp3) is 0.263. The molecule has 144 valence electrons. The molecule has 0 saturated heterocycles. The molecule has 8 heteroatoms. The van der Waals surface area contributed by atoms with Gasteiger partial charge in [-0.3, -0.25) is 9.52 Å². The van der Waals surface area contributed by atoms with Gasteiger partial charge in [-0.05, 0) is 55.3 Å². The summed E-state index contributed by atoms with van der Waals surface area (Å²) in [7, 11) is -3.39. The number of benzene rings is 2. The molecular weight excluding hydrogens is 370 g/mol. The summed E-state index contributed by atoms with van der Waals surface area (Å²) in [6.45, 7) is 3.11. The van der Waals surface area contributed by atoms with Gasteiger partial charge in [-0.15, -0.1) is 0 Å². The highest BCUT2D eigenvalue weighted by atomic mass is 32.2. The second-order valence-corrected chi connectivity index (χ2v) is 7.77. The van der Waals surface area contributed by atoms with Crippen LogP contribution in [0.2, 0.25) is 0 Å². The SMILES string of the molecule is Cc1cccc(OCC(=O)OCC(=O)c2ccc(NS(C)(=O)=O)cc2)c1C. The summed E-state index contributed by atoms with van der Waals surface area (Å²) in [5, 5.41) is 0. The number of carbonyl (C=O) groups is 2. The van der Waals surface area contributed by atoms with Crippen LogP contribution in [-0.2, 0) is 19.6 Å². The van der Waals surface area contributed by atoms with Gasteiger partial charge in [0.05, 0.1) is 6.26 Å². The Kier molecular flexibility index (Phi) is 6.57. The fourth-order valence-electron chi connectivity index (χ4n) is 2.23. The minimum absolute atomic E-state index is 0.297. The highest BCUT2D eigenvalue weighted by molar-refractivity contribution is 7.92. The van der Waals surface area contributed by atoms with E-state index in [0.29, 0.717) is 17.0 Å². The van der Waals surface area contributed by atoms with Gasteiger partial charge in [0, 0.05) is 11.3 Å². The number of anilines is 1. The second kappa shape index (κ2) is 8.68. The molecule has 0 aromatic heterocycles. The van der Waals surface area contributed by atoms with Crippen molar-refractivity contribution in [2.75, 3.05) is 24.2 Å². The highest BCUT2D eigenvalue weighted by Crippen LogP contribution is 2.20. The van der Waals surface area contributed by atoms with Crippen molar-refractivity contribution >= 4 is 27.5 Å². The molecular formula is C19H21NO6S. The van der Waals surface area contributed by atoms with E-state index in [0.717, 1.165) is 17.4 Å². The van der Waals surface area contributed by atoms with E-state index in [1.165, 1.54) is 24.3 Å². The summed E-state index contributed by atoms with van der Waals surface area (Å²) < 4.78 is 35.0. The number of carbonyl (C=O) groups excluding carboxylic acids is 2. The Morgan fingerprint density at radius 1 is 1.00 bits per heavy atom. The van der Waals surface area contributed by atoms with Crippen LogP contribution in [0.3, 0.4) is 0 Å². The number of ether oxygens (including phenoxy) is 2. The van der Waals surface area contributed by atoms with Crippen molar-refractivity contribution in [2.45, 2.75) is 13.8 Å². The van der Waals surface area contributed by atoms with Crippen LogP contribution in [0.15, 0.2) is 42.5 Å². The first-order chi connectivity index (χ1) is 12.7. The lowest BCUT2D eigenvalue weighted by Crippen LogP contribution is -2.19. The van der Waals surface area contributed by atoms with E-state index in [2.05, 4.69) is 4.72 Å². The lowest BCUT2D eigenvalue weighted by Gasteiger charge is -2.10. The number of nitrogens with one attached hydrogen (secondary N) is 1. The largest absolute Gasteiger partial charge is 0.482 e. The van der Waals surface area contributed by atoms with E-state index >= 15 is 0 Å². The zero-order valence-corrected chi connectivity index (χ0v) is 16.1. The maximum absolute atomic E-state index is 12.1. The smallest absolute Gasteiger partial charge is 0.344 e. The first kappa shape index (κ1) is 20.4. The number of hydrogen-bond donors (Lipinski definition) is 1. The van der Waals surface area contributed by atoms with Gasteiger partial charge >= 0.3 is 5.97 Å². The Bertz CT molecular complexity index is 935. The average Bonchev–Trinajstić information content (AvgIpc) is 2.60. The van der Waals surface area contributed by atoms with E-state index in [4.69, 9.17) is 9.47 Å². The number of rotatable bonds is 8. The summed E-state index contributed by atoms with van der Waals surface area (Å²) >= 11 is 0. The van der Waals surface area contributed by atoms with Crippen molar-refractivity contribution in [1.82, 2.24) is 0 Å². The van der Waals surface area contributed by atoms with E-state index < -0.39 is 28.4 Å². The van der Waals surface area contributed by atoms with Crippen LogP contribution in [0.5, 0.6) is 5.75 Å². The van der Waals surface area contributed by atoms with E-state index in [1.54, 1.807) is 6.07 Å². The minimum Gasteiger partial charge on any atom is -0.482 e. The molecule has 0 saturated carbocycles. The number of sulfonamides is 1. The maximum Gasteiger partial charge on any atom is 0.344 e. The molecule has 1 N–H and O–H groups in total. The predicted octanol–water partition coefficient (Wildman–Crippen LogP) is 2.48. The molecule has 0 aliphatic rings. The normalized spacial score (nSPS) is 10.9. The van der Waals surface area contributed by atoms with Crippen LogP contribution in [-0.4, -0.2) is 39.6 Å². The highest BCUT2D eigenvalue weighted by Gasteiger charge is 2.12.